The fourth-order valence-corrected chi connectivity index (χ4v) is 2.89. The quantitative estimate of drug-likeness (QED) is 0.795. The topological polar surface area (TPSA) is 77.1 Å². The maximum Gasteiger partial charge on any atom is 0.325 e. The molecule has 0 radical (unpaired) electrons. The molecule has 0 aliphatic rings. The lowest BCUT2D eigenvalue weighted by Gasteiger charge is -2.09. The average Bonchev–Trinajstić information content (AvgIpc) is 2.77. The Kier molecular flexibility index (Phi) is 3.92. The fourth-order valence-electron chi connectivity index (χ4n) is 2.89. The van der Waals surface area contributed by atoms with Crippen molar-refractivity contribution in [3.63, 3.8) is 0 Å². The monoisotopic (exact) mass is 329 g/mol. The Labute approximate surface area is 136 Å². The van der Waals surface area contributed by atoms with E-state index < -0.39 is 18.1 Å². The lowest BCUT2D eigenvalue weighted by atomic mass is 10.2. The molecule has 0 atom stereocenters. The normalized spacial score (nSPS) is 11.1. The Morgan fingerprint density at radius 2 is 1.88 bits per heavy atom. The predicted molar refractivity (Wildman–Crippen MR) is 86.6 cm³/mol. The molecule has 2 heterocycles. The summed E-state index contributed by atoms with van der Waals surface area (Å²) in [6, 6.07) is 6.18. The Bertz CT molecular complexity index is 987. The first-order valence-electron chi connectivity index (χ1n) is 7.40. The van der Waals surface area contributed by atoms with Crippen molar-refractivity contribution >= 4 is 16.7 Å². The van der Waals surface area contributed by atoms with Gasteiger partial charge in [0.25, 0.3) is 5.56 Å². The van der Waals surface area contributed by atoms with Gasteiger partial charge >= 0.3 is 5.97 Å². The number of benzene rings is 1. The van der Waals surface area contributed by atoms with E-state index in [1.54, 1.807) is 12.1 Å². The number of aryl methyl sites for hydroxylation is 2. The molecule has 7 heteroatoms. The van der Waals surface area contributed by atoms with Gasteiger partial charge in [0.15, 0.2) is 0 Å². The molecule has 0 unspecified atom stereocenters. The molecular formula is C17H16FN3O3. The lowest BCUT2D eigenvalue weighted by Crippen LogP contribution is -2.26. The summed E-state index contributed by atoms with van der Waals surface area (Å²) in [5.74, 6) is -1.42. The Balaban J connectivity index is 2.12. The maximum absolute atomic E-state index is 13.0. The van der Waals surface area contributed by atoms with Crippen molar-refractivity contribution in [2.24, 2.45) is 0 Å². The molecule has 1 aromatic carbocycles. The van der Waals surface area contributed by atoms with Gasteiger partial charge in [0, 0.05) is 23.3 Å². The fraction of sp³-hybridized carbons (Fsp3) is 0.235. The van der Waals surface area contributed by atoms with E-state index in [-0.39, 0.29) is 5.82 Å². The summed E-state index contributed by atoms with van der Waals surface area (Å²) in [5.41, 5.74) is 2.08. The van der Waals surface area contributed by atoms with E-state index in [4.69, 9.17) is 5.11 Å². The summed E-state index contributed by atoms with van der Waals surface area (Å²) < 4.78 is 15.9. The predicted octanol–water partition coefficient (Wildman–Crippen LogP) is 2.09. The lowest BCUT2D eigenvalue weighted by molar-refractivity contribution is -0.137. The molecule has 0 aliphatic heterocycles. The highest BCUT2D eigenvalue weighted by Gasteiger charge is 2.17. The van der Waals surface area contributed by atoms with E-state index in [0.29, 0.717) is 17.3 Å². The Morgan fingerprint density at radius 3 is 2.50 bits per heavy atom. The van der Waals surface area contributed by atoms with Crippen LogP contribution < -0.4 is 5.56 Å². The zero-order chi connectivity index (χ0) is 17.4. The number of rotatable bonds is 4. The van der Waals surface area contributed by atoms with Crippen molar-refractivity contribution in [1.82, 2.24) is 14.3 Å². The van der Waals surface area contributed by atoms with Crippen LogP contribution in [0.2, 0.25) is 0 Å². The second kappa shape index (κ2) is 5.92. The van der Waals surface area contributed by atoms with E-state index in [9.17, 15) is 14.0 Å². The van der Waals surface area contributed by atoms with E-state index in [0.717, 1.165) is 21.6 Å². The largest absolute Gasteiger partial charge is 0.480 e. The first-order valence-corrected chi connectivity index (χ1v) is 7.40. The summed E-state index contributed by atoms with van der Waals surface area (Å²) in [4.78, 5) is 23.4. The molecule has 0 spiro atoms. The van der Waals surface area contributed by atoms with Gasteiger partial charge in [-0.1, -0.05) is 12.1 Å². The molecule has 0 saturated heterocycles. The van der Waals surface area contributed by atoms with Crippen LogP contribution >= 0.6 is 0 Å². The summed E-state index contributed by atoms with van der Waals surface area (Å²) in [6.07, 6.45) is 1.52. The number of halogens is 1. The van der Waals surface area contributed by atoms with Crippen molar-refractivity contribution in [2.75, 3.05) is 0 Å². The molecule has 0 saturated carbocycles. The van der Waals surface area contributed by atoms with Gasteiger partial charge in [0.1, 0.15) is 12.4 Å². The van der Waals surface area contributed by atoms with Crippen LogP contribution in [0.25, 0.3) is 10.8 Å². The van der Waals surface area contributed by atoms with Crippen LogP contribution in [0.3, 0.4) is 0 Å². The maximum atomic E-state index is 13.0. The highest BCUT2D eigenvalue weighted by Crippen LogP contribution is 2.23. The van der Waals surface area contributed by atoms with Gasteiger partial charge in [-0.3, -0.25) is 9.59 Å². The van der Waals surface area contributed by atoms with E-state index in [1.165, 1.54) is 18.3 Å². The number of aromatic nitrogens is 3. The van der Waals surface area contributed by atoms with Crippen molar-refractivity contribution < 1.29 is 14.3 Å². The Morgan fingerprint density at radius 1 is 1.21 bits per heavy atom. The van der Waals surface area contributed by atoms with Crippen molar-refractivity contribution in [3.05, 3.63) is 63.6 Å². The van der Waals surface area contributed by atoms with Crippen LogP contribution in [0.1, 0.15) is 17.0 Å². The van der Waals surface area contributed by atoms with Gasteiger partial charge in [0.2, 0.25) is 0 Å². The molecule has 0 amide bonds. The molecule has 1 N–H and O–H groups in total. The highest BCUT2D eigenvalue weighted by atomic mass is 19.1. The minimum Gasteiger partial charge on any atom is -0.480 e. The van der Waals surface area contributed by atoms with Gasteiger partial charge in [-0.05, 0) is 31.5 Å². The van der Waals surface area contributed by atoms with E-state index in [1.807, 2.05) is 18.4 Å². The SMILES string of the molecule is Cc1c2cnn(CC(=O)O)c(=O)c2c(C)n1Cc1ccc(F)cc1. The third-order valence-electron chi connectivity index (χ3n) is 4.14. The molecule has 124 valence electrons. The first-order chi connectivity index (χ1) is 11.4. The average molecular weight is 329 g/mol. The molecule has 3 aromatic rings. The Hall–Kier alpha value is -2.96. The molecule has 0 bridgehead atoms. The number of carbonyl (C=O) groups is 1. The molecule has 24 heavy (non-hydrogen) atoms. The standard InChI is InChI=1S/C17H16FN3O3/c1-10-14-7-19-21(9-15(22)23)17(24)16(14)11(2)20(10)8-12-3-5-13(18)6-4-12/h3-7H,8-9H2,1-2H3,(H,22,23). The van der Waals surface area contributed by atoms with Gasteiger partial charge in [0.05, 0.1) is 11.6 Å². The third-order valence-corrected chi connectivity index (χ3v) is 4.14. The van der Waals surface area contributed by atoms with Gasteiger partial charge < -0.3 is 9.67 Å². The second-order valence-electron chi connectivity index (χ2n) is 5.67. The minimum absolute atomic E-state index is 0.300. The molecule has 0 fully saturated rings. The van der Waals surface area contributed by atoms with Crippen molar-refractivity contribution in [3.8, 4) is 0 Å². The van der Waals surface area contributed by atoms with Gasteiger partial charge in [-0.2, -0.15) is 5.10 Å². The molecule has 0 aliphatic carbocycles. The molecular weight excluding hydrogens is 313 g/mol. The molecule has 6 nitrogen and oxygen atoms in total. The molecule has 2 aromatic heterocycles. The van der Waals surface area contributed by atoms with Crippen LogP contribution in [-0.2, 0) is 17.9 Å². The number of carboxylic acids is 1. The first kappa shape index (κ1) is 15.9. The number of nitrogens with zero attached hydrogens (tertiary/aromatic N) is 3. The number of hydrogen-bond acceptors (Lipinski definition) is 3. The summed E-state index contributed by atoms with van der Waals surface area (Å²) in [7, 11) is 0. The van der Waals surface area contributed by atoms with E-state index >= 15 is 0 Å². The summed E-state index contributed by atoms with van der Waals surface area (Å²) in [6.45, 7) is 3.70. The van der Waals surface area contributed by atoms with Crippen molar-refractivity contribution in [1.29, 1.82) is 0 Å². The van der Waals surface area contributed by atoms with Gasteiger partial charge in [-0.15, -0.1) is 0 Å². The minimum atomic E-state index is -1.12. The number of carboxylic acid groups (broad SMARTS) is 1. The molecule has 3 rings (SSSR count). The van der Waals surface area contributed by atoms with Crippen LogP contribution in [-0.4, -0.2) is 25.4 Å². The third kappa shape index (κ3) is 2.68. The number of fused-ring (bicyclic) bond motifs is 1. The zero-order valence-electron chi connectivity index (χ0n) is 13.3. The van der Waals surface area contributed by atoms with E-state index in [2.05, 4.69) is 5.10 Å². The smallest absolute Gasteiger partial charge is 0.325 e. The number of aliphatic carboxylic acids is 1. The summed E-state index contributed by atoms with van der Waals surface area (Å²) >= 11 is 0. The highest BCUT2D eigenvalue weighted by molar-refractivity contribution is 5.87. The zero-order valence-corrected chi connectivity index (χ0v) is 13.3. The van der Waals surface area contributed by atoms with Gasteiger partial charge in [-0.25, -0.2) is 9.07 Å². The van der Waals surface area contributed by atoms with Crippen LogP contribution in [0.5, 0.6) is 0 Å². The second-order valence-corrected chi connectivity index (χ2v) is 5.67. The van der Waals surface area contributed by atoms with Crippen LogP contribution in [0.4, 0.5) is 4.39 Å². The number of hydrogen-bond donors (Lipinski definition) is 1. The van der Waals surface area contributed by atoms with Crippen molar-refractivity contribution in [2.45, 2.75) is 26.9 Å². The summed E-state index contributed by atoms with van der Waals surface area (Å²) in [5, 5.41) is 14.0. The van der Waals surface area contributed by atoms with Crippen LogP contribution in [0.15, 0.2) is 35.3 Å². The van der Waals surface area contributed by atoms with Crippen LogP contribution in [0, 0.1) is 19.7 Å².